The fourth-order valence-electron chi connectivity index (χ4n) is 1.64. The van der Waals surface area contributed by atoms with Gasteiger partial charge in [0.15, 0.2) is 0 Å². The van der Waals surface area contributed by atoms with E-state index in [0.29, 0.717) is 0 Å². The lowest BCUT2D eigenvalue weighted by molar-refractivity contribution is 0.819. The first-order valence-electron chi connectivity index (χ1n) is 4.59. The van der Waals surface area contributed by atoms with Crippen molar-refractivity contribution < 1.29 is 0 Å². The summed E-state index contributed by atoms with van der Waals surface area (Å²) < 4.78 is 3.22. The second-order valence-electron chi connectivity index (χ2n) is 3.65. The Kier molecular flexibility index (Phi) is 2.37. The Morgan fingerprint density at radius 3 is 2.79 bits per heavy atom. The summed E-state index contributed by atoms with van der Waals surface area (Å²) in [6.45, 7) is 2.00. The fourth-order valence-corrected chi connectivity index (χ4v) is 2.27. The molecule has 2 nitrogen and oxygen atoms in total. The van der Waals surface area contributed by atoms with Crippen molar-refractivity contribution >= 4 is 26.8 Å². The number of aryl methyl sites for hydroxylation is 1. The van der Waals surface area contributed by atoms with E-state index in [0.717, 1.165) is 4.47 Å². The molecule has 14 heavy (non-hydrogen) atoms. The van der Waals surface area contributed by atoms with Crippen LogP contribution in [0.25, 0.3) is 10.9 Å². The SMILES string of the molecule is CC(N)c1ccc2c(c1)c(Br)cn2C. The van der Waals surface area contributed by atoms with E-state index in [9.17, 15) is 0 Å². The summed E-state index contributed by atoms with van der Waals surface area (Å²) in [6, 6.07) is 6.42. The molecule has 0 aliphatic carbocycles. The molecule has 0 aliphatic heterocycles. The van der Waals surface area contributed by atoms with Gasteiger partial charge in [-0.15, -0.1) is 0 Å². The van der Waals surface area contributed by atoms with Gasteiger partial charge in [0, 0.05) is 34.7 Å². The molecule has 2 rings (SSSR count). The first kappa shape index (κ1) is 9.74. The minimum absolute atomic E-state index is 0.0894. The highest BCUT2D eigenvalue weighted by Gasteiger charge is 2.06. The van der Waals surface area contributed by atoms with Crippen LogP contribution in [0.5, 0.6) is 0 Å². The monoisotopic (exact) mass is 252 g/mol. The predicted molar refractivity (Wildman–Crippen MR) is 63.2 cm³/mol. The zero-order valence-electron chi connectivity index (χ0n) is 8.29. The molecular formula is C11H13BrN2. The standard InChI is InChI=1S/C11H13BrN2/c1-7(13)8-3-4-11-9(5-8)10(12)6-14(11)2/h3-7H,13H2,1-2H3. The van der Waals surface area contributed by atoms with E-state index in [1.807, 2.05) is 14.0 Å². The van der Waals surface area contributed by atoms with Crippen molar-refractivity contribution in [3.63, 3.8) is 0 Å². The minimum atomic E-state index is 0.0894. The molecule has 1 aromatic carbocycles. The van der Waals surface area contributed by atoms with E-state index >= 15 is 0 Å². The van der Waals surface area contributed by atoms with Gasteiger partial charge in [-0.3, -0.25) is 0 Å². The van der Waals surface area contributed by atoms with Crippen molar-refractivity contribution in [2.75, 3.05) is 0 Å². The van der Waals surface area contributed by atoms with Gasteiger partial charge in [-0.05, 0) is 40.5 Å². The molecule has 3 heteroatoms. The van der Waals surface area contributed by atoms with Gasteiger partial charge in [0.2, 0.25) is 0 Å². The van der Waals surface area contributed by atoms with E-state index in [2.05, 4.69) is 44.9 Å². The molecular weight excluding hydrogens is 240 g/mol. The zero-order chi connectivity index (χ0) is 10.3. The first-order valence-corrected chi connectivity index (χ1v) is 5.39. The van der Waals surface area contributed by atoms with Gasteiger partial charge in [0.25, 0.3) is 0 Å². The van der Waals surface area contributed by atoms with Crippen molar-refractivity contribution in [1.82, 2.24) is 4.57 Å². The highest BCUT2D eigenvalue weighted by molar-refractivity contribution is 9.10. The molecule has 0 saturated carbocycles. The molecule has 0 spiro atoms. The number of hydrogen-bond acceptors (Lipinski definition) is 1. The Hall–Kier alpha value is -0.800. The summed E-state index contributed by atoms with van der Waals surface area (Å²) >= 11 is 3.54. The third-order valence-electron chi connectivity index (χ3n) is 2.49. The molecule has 1 unspecified atom stereocenters. The van der Waals surface area contributed by atoms with Crippen LogP contribution in [-0.2, 0) is 7.05 Å². The fraction of sp³-hybridized carbons (Fsp3) is 0.273. The van der Waals surface area contributed by atoms with Crippen LogP contribution in [0.1, 0.15) is 18.5 Å². The number of nitrogens with two attached hydrogens (primary N) is 1. The highest BCUT2D eigenvalue weighted by Crippen LogP contribution is 2.27. The molecule has 74 valence electrons. The third kappa shape index (κ3) is 1.47. The van der Waals surface area contributed by atoms with Gasteiger partial charge in [0.05, 0.1) is 0 Å². The summed E-state index contributed by atoms with van der Waals surface area (Å²) in [5.41, 5.74) is 8.23. The van der Waals surface area contributed by atoms with Gasteiger partial charge in [-0.2, -0.15) is 0 Å². The predicted octanol–water partition coefficient (Wildman–Crippen LogP) is 2.96. The van der Waals surface area contributed by atoms with Crippen molar-refractivity contribution in [3.8, 4) is 0 Å². The lowest BCUT2D eigenvalue weighted by atomic mass is 10.1. The van der Waals surface area contributed by atoms with E-state index in [-0.39, 0.29) is 6.04 Å². The maximum absolute atomic E-state index is 5.84. The normalized spacial score (nSPS) is 13.4. The number of fused-ring (bicyclic) bond motifs is 1. The lowest BCUT2D eigenvalue weighted by Crippen LogP contribution is -2.04. The Labute approximate surface area is 91.8 Å². The van der Waals surface area contributed by atoms with Gasteiger partial charge in [-0.1, -0.05) is 6.07 Å². The van der Waals surface area contributed by atoms with Crippen molar-refractivity contribution in [2.24, 2.45) is 12.8 Å². The maximum Gasteiger partial charge on any atom is 0.0489 e. The molecule has 0 amide bonds. The summed E-state index contributed by atoms with van der Waals surface area (Å²) in [7, 11) is 2.04. The number of benzene rings is 1. The molecule has 1 atom stereocenters. The Morgan fingerprint density at radius 1 is 1.43 bits per heavy atom. The van der Waals surface area contributed by atoms with Crippen molar-refractivity contribution in [2.45, 2.75) is 13.0 Å². The second-order valence-corrected chi connectivity index (χ2v) is 4.51. The molecule has 0 bridgehead atoms. The Bertz CT molecular complexity index is 471. The van der Waals surface area contributed by atoms with Crippen molar-refractivity contribution in [1.29, 1.82) is 0 Å². The highest BCUT2D eigenvalue weighted by atomic mass is 79.9. The Balaban J connectivity index is 2.71. The quantitative estimate of drug-likeness (QED) is 0.832. The van der Waals surface area contributed by atoms with E-state index in [1.54, 1.807) is 0 Å². The number of rotatable bonds is 1. The second kappa shape index (κ2) is 3.41. The molecule has 0 fully saturated rings. The number of halogens is 1. The summed E-state index contributed by atoms with van der Waals surface area (Å²) in [5, 5.41) is 1.22. The molecule has 0 saturated heterocycles. The van der Waals surface area contributed by atoms with Crippen molar-refractivity contribution in [3.05, 3.63) is 34.4 Å². The van der Waals surface area contributed by atoms with Crippen LogP contribution in [0.2, 0.25) is 0 Å². The van der Waals surface area contributed by atoms with Gasteiger partial charge >= 0.3 is 0 Å². The average Bonchev–Trinajstić information content (AvgIpc) is 2.42. The van der Waals surface area contributed by atoms with Crippen LogP contribution in [0.15, 0.2) is 28.9 Å². The van der Waals surface area contributed by atoms with E-state index < -0.39 is 0 Å². The molecule has 0 radical (unpaired) electrons. The average molecular weight is 253 g/mol. The topological polar surface area (TPSA) is 30.9 Å². The largest absolute Gasteiger partial charge is 0.349 e. The lowest BCUT2D eigenvalue weighted by Gasteiger charge is -2.05. The number of hydrogen-bond donors (Lipinski definition) is 1. The van der Waals surface area contributed by atoms with Gasteiger partial charge < -0.3 is 10.3 Å². The number of nitrogens with zero attached hydrogens (tertiary/aromatic N) is 1. The van der Waals surface area contributed by atoms with Crippen LogP contribution in [0.4, 0.5) is 0 Å². The van der Waals surface area contributed by atoms with Crippen LogP contribution < -0.4 is 5.73 Å². The summed E-state index contributed by atoms with van der Waals surface area (Å²) in [6.07, 6.45) is 2.07. The van der Waals surface area contributed by atoms with Crippen LogP contribution in [0.3, 0.4) is 0 Å². The zero-order valence-corrected chi connectivity index (χ0v) is 9.88. The third-order valence-corrected chi connectivity index (χ3v) is 3.12. The van der Waals surface area contributed by atoms with Gasteiger partial charge in [0.1, 0.15) is 0 Å². The van der Waals surface area contributed by atoms with Gasteiger partial charge in [-0.25, -0.2) is 0 Å². The molecule has 2 N–H and O–H groups in total. The maximum atomic E-state index is 5.84. The van der Waals surface area contributed by atoms with E-state index in [1.165, 1.54) is 16.5 Å². The molecule has 2 aromatic rings. The van der Waals surface area contributed by atoms with Crippen LogP contribution in [-0.4, -0.2) is 4.57 Å². The molecule has 1 heterocycles. The van der Waals surface area contributed by atoms with E-state index in [4.69, 9.17) is 5.73 Å². The van der Waals surface area contributed by atoms with Crippen LogP contribution in [0, 0.1) is 0 Å². The molecule has 1 aromatic heterocycles. The smallest absolute Gasteiger partial charge is 0.0489 e. The number of aromatic nitrogens is 1. The van der Waals surface area contributed by atoms with Crippen LogP contribution >= 0.6 is 15.9 Å². The molecule has 0 aliphatic rings. The first-order chi connectivity index (χ1) is 6.59. The minimum Gasteiger partial charge on any atom is -0.349 e. The summed E-state index contributed by atoms with van der Waals surface area (Å²) in [5.74, 6) is 0. The Morgan fingerprint density at radius 2 is 2.14 bits per heavy atom. The summed E-state index contributed by atoms with van der Waals surface area (Å²) in [4.78, 5) is 0.